The van der Waals surface area contributed by atoms with E-state index in [0.717, 1.165) is 24.5 Å². The van der Waals surface area contributed by atoms with Gasteiger partial charge in [-0.2, -0.15) is 0 Å². The van der Waals surface area contributed by atoms with Crippen LogP contribution in [0.3, 0.4) is 0 Å². The summed E-state index contributed by atoms with van der Waals surface area (Å²) < 4.78 is 0. The van der Waals surface area contributed by atoms with Gasteiger partial charge in [0.15, 0.2) is 0 Å². The Morgan fingerprint density at radius 3 is 2.52 bits per heavy atom. The Labute approximate surface area is 136 Å². The topological polar surface area (TPSA) is 61.4 Å². The number of carbonyl (C=O) groups excluding carboxylic acids is 1. The van der Waals surface area contributed by atoms with E-state index in [1.165, 1.54) is 0 Å². The van der Waals surface area contributed by atoms with Crippen molar-refractivity contribution in [3.8, 4) is 0 Å². The molecule has 1 N–H and O–H groups in total. The third kappa shape index (κ3) is 3.77. The quantitative estimate of drug-likeness (QED) is 0.942. The molecule has 2 aromatic rings. The van der Waals surface area contributed by atoms with Crippen LogP contribution < -0.4 is 10.2 Å². The van der Waals surface area contributed by atoms with Crippen LogP contribution in [0.2, 0.25) is 0 Å². The van der Waals surface area contributed by atoms with Crippen LogP contribution in [-0.2, 0) is 0 Å². The van der Waals surface area contributed by atoms with E-state index in [0.29, 0.717) is 13.1 Å². The predicted octanol–water partition coefficient (Wildman–Crippen LogP) is 2.07. The van der Waals surface area contributed by atoms with E-state index in [2.05, 4.69) is 20.2 Å². The number of amides is 2. The minimum absolute atomic E-state index is 0.00159. The average molecular weight is 311 g/mol. The molecule has 1 aliphatic rings. The molecule has 1 atom stereocenters. The standard InChI is InChI=1S/C17H21N5O/c1-14(15-5-3-2-4-6-15)20-17(23)22-11-9-21(10-12-22)16-13-18-7-8-19-16/h2-8,13-14H,9-12H2,1H3,(H,20,23)/t14-/m0/s1. The fourth-order valence-corrected chi connectivity index (χ4v) is 2.69. The minimum Gasteiger partial charge on any atom is -0.352 e. The monoisotopic (exact) mass is 311 g/mol. The van der Waals surface area contributed by atoms with Gasteiger partial charge in [-0.1, -0.05) is 30.3 Å². The molecule has 1 aromatic heterocycles. The third-order valence-corrected chi connectivity index (χ3v) is 4.08. The molecule has 0 aliphatic carbocycles. The summed E-state index contributed by atoms with van der Waals surface area (Å²) in [6, 6.07) is 9.98. The van der Waals surface area contributed by atoms with Gasteiger partial charge in [-0.15, -0.1) is 0 Å². The van der Waals surface area contributed by atoms with Crippen molar-refractivity contribution in [2.75, 3.05) is 31.1 Å². The van der Waals surface area contributed by atoms with Gasteiger partial charge in [0.2, 0.25) is 0 Å². The SMILES string of the molecule is C[C@H](NC(=O)N1CCN(c2cnccn2)CC1)c1ccccc1. The van der Waals surface area contributed by atoms with Crippen molar-refractivity contribution >= 4 is 11.8 Å². The lowest BCUT2D eigenvalue weighted by Gasteiger charge is -2.35. The van der Waals surface area contributed by atoms with Crippen molar-refractivity contribution in [3.63, 3.8) is 0 Å². The van der Waals surface area contributed by atoms with Crippen molar-refractivity contribution in [2.24, 2.45) is 0 Å². The summed E-state index contributed by atoms with van der Waals surface area (Å²) in [6.45, 7) is 4.91. The predicted molar refractivity (Wildman–Crippen MR) is 89.2 cm³/mol. The molecule has 2 amide bonds. The van der Waals surface area contributed by atoms with E-state index in [-0.39, 0.29) is 12.1 Å². The molecule has 2 heterocycles. The molecule has 0 spiro atoms. The van der Waals surface area contributed by atoms with Gasteiger partial charge in [-0.25, -0.2) is 9.78 Å². The summed E-state index contributed by atoms with van der Waals surface area (Å²) >= 11 is 0. The van der Waals surface area contributed by atoms with E-state index in [9.17, 15) is 4.79 Å². The van der Waals surface area contributed by atoms with Crippen LogP contribution >= 0.6 is 0 Å². The first-order valence-electron chi connectivity index (χ1n) is 7.85. The summed E-state index contributed by atoms with van der Waals surface area (Å²) in [5.74, 6) is 0.866. The maximum absolute atomic E-state index is 12.4. The van der Waals surface area contributed by atoms with Crippen LogP contribution in [0.25, 0.3) is 0 Å². The van der Waals surface area contributed by atoms with Gasteiger partial charge in [-0.05, 0) is 12.5 Å². The number of hydrogen-bond donors (Lipinski definition) is 1. The second-order valence-electron chi connectivity index (χ2n) is 5.62. The second-order valence-corrected chi connectivity index (χ2v) is 5.62. The smallest absolute Gasteiger partial charge is 0.317 e. The van der Waals surface area contributed by atoms with Crippen LogP contribution in [0.15, 0.2) is 48.9 Å². The maximum atomic E-state index is 12.4. The Morgan fingerprint density at radius 2 is 1.87 bits per heavy atom. The molecule has 6 nitrogen and oxygen atoms in total. The normalized spacial score (nSPS) is 16.0. The average Bonchev–Trinajstić information content (AvgIpc) is 2.63. The van der Waals surface area contributed by atoms with E-state index >= 15 is 0 Å². The maximum Gasteiger partial charge on any atom is 0.317 e. The molecule has 0 unspecified atom stereocenters. The molecular formula is C17H21N5O. The Kier molecular flexibility index (Phi) is 4.71. The van der Waals surface area contributed by atoms with Crippen LogP contribution in [0.1, 0.15) is 18.5 Å². The first kappa shape index (κ1) is 15.3. The zero-order valence-corrected chi connectivity index (χ0v) is 13.2. The lowest BCUT2D eigenvalue weighted by atomic mass is 10.1. The molecule has 120 valence electrons. The molecule has 0 radical (unpaired) electrons. The van der Waals surface area contributed by atoms with Crippen molar-refractivity contribution in [3.05, 3.63) is 54.5 Å². The fraction of sp³-hybridized carbons (Fsp3) is 0.353. The molecule has 1 fully saturated rings. The van der Waals surface area contributed by atoms with Gasteiger partial charge < -0.3 is 15.1 Å². The van der Waals surface area contributed by atoms with Crippen LogP contribution in [0.4, 0.5) is 10.6 Å². The van der Waals surface area contributed by atoms with Gasteiger partial charge in [0, 0.05) is 38.6 Å². The summed E-state index contributed by atoms with van der Waals surface area (Å²) in [6.07, 6.45) is 5.11. The molecule has 1 aromatic carbocycles. The highest BCUT2D eigenvalue weighted by Crippen LogP contribution is 2.14. The minimum atomic E-state index is -0.0138. The van der Waals surface area contributed by atoms with Crippen molar-refractivity contribution in [1.82, 2.24) is 20.2 Å². The number of nitrogens with zero attached hydrogens (tertiary/aromatic N) is 4. The highest BCUT2D eigenvalue weighted by molar-refractivity contribution is 5.75. The van der Waals surface area contributed by atoms with E-state index < -0.39 is 0 Å². The van der Waals surface area contributed by atoms with E-state index in [1.807, 2.05) is 42.2 Å². The van der Waals surface area contributed by atoms with Crippen LogP contribution in [0.5, 0.6) is 0 Å². The van der Waals surface area contributed by atoms with Crippen molar-refractivity contribution < 1.29 is 4.79 Å². The fourth-order valence-electron chi connectivity index (χ4n) is 2.69. The number of anilines is 1. The molecule has 6 heteroatoms. The van der Waals surface area contributed by atoms with Gasteiger partial charge >= 0.3 is 6.03 Å². The Morgan fingerprint density at radius 1 is 1.13 bits per heavy atom. The van der Waals surface area contributed by atoms with Crippen LogP contribution in [0, 0.1) is 0 Å². The zero-order chi connectivity index (χ0) is 16.1. The van der Waals surface area contributed by atoms with Crippen molar-refractivity contribution in [1.29, 1.82) is 0 Å². The van der Waals surface area contributed by atoms with E-state index in [4.69, 9.17) is 0 Å². The molecule has 0 saturated carbocycles. The molecule has 3 rings (SSSR count). The second kappa shape index (κ2) is 7.09. The summed E-state index contributed by atoms with van der Waals surface area (Å²) in [7, 11) is 0. The molecule has 1 saturated heterocycles. The summed E-state index contributed by atoms with van der Waals surface area (Å²) in [5.41, 5.74) is 1.11. The first-order valence-corrected chi connectivity index (χ1v) is 7.85. The molecular weight excluding hydrogens is 290 g/mol. The largest absolute Gasteiger partial charge is 0.352 e. The Balaban J connectivity index is 1.52. The number of rotatable bonds is 3. The summed E-state index contributed by atoms with van der Waals surface area (Å²) in [5, 5.41) is 3.06. The summed E-state index contributed by atoms with van der Waals surface area (Å²) in [4.78, 5) is 24.8. The van der Waals surface area contributed by atoms with E-state index in [1.54, 1.807) is 18.6 Å². The number of urea groups is 1. The number of piperazine rings is 1. The van der Waals surface area contributed by atoms with Gasteiger partial charge in [0.1, 0.15) is 5.82 Å². The molecule has 0 bridgehead atoms. The first-order chi connectivity index (χ1) is 11.2. The van der Waals surface area contributed by atoms with Gasteiger partial charge in [0.25, 0.3) is 0 Å². The number of hydrogen-bond acceptors (Lipinski definition) is 4. The number of benzene rings is 1. The molecule has 1 aliphatic heterocycles. The third-order valence-electron chi connectivity index (χ3n) is 4.08. The van der Waals surface area contributed by atoms with Crippen molar-refractivity contribution in [2.45, 2.75) is 13.0 Å². The Hall–Kier alpha value is -2.63. The number of nitrogens with one attached hydrogen (secondary N) is 1. The van der Waals surface area contributed by atoms with Crippen LogP contribution in [-0.4, -0.2) is 47.1 Å². The van der Waals surface area contributed by atoms with Gasteiger partial charge in [-0.3, -0.25) is 4.98 Å². The highest BCUT2D eigenvalue weighted by Gasteiger charge is 2.23. The highest BCUT2D eigenvalue weighted by atomic mass is 16.2. The number of aromatic nitrogens is 2. The lowest BCUT2D eigenvalue weighted by Crippen LogP contribution is -2.52. The number of carbonyl (C=O) groups is 1. The van der Waals surface area contributed by atoms with Gasteiger partial charge in [0.05, 0.1) is 12.2 Å². The lowest BCUT2D eigenvalue weighted by molar-refractivity contribution is 0.191. The molecule has 23 heavy (non-hydrogen) atoms. The Bertz CT molecular complexity index is 626. The zero-order valence-electron chi connectivity index (χ0n) is 13.2.